The van der Waals surface area contributed by atoms with Crippen molar-refractivity contribution in [3.63, 3.8) is 0 Å². The van der Waals surface area contributed by atoms with E-state index in [1.165, 1.54) is 14.0 Å². The first-order valence-electron chi connectivity index (χ1n) is 7.66. The number of carbonyl (C=O) groups is 3. The molecule has 0 heterocycles. The van der Waals surface area contributed by atoms with Gasteiger partial charge in [0.2, 0.25) is 11.8 Å². The van der Waals surface area contributed by atoms with Crippen LogP contribution in [0.1, 0.15) is 31.4 Å². The molecule has 0 spiro atoms. The molecule has 0 fully saturated rings. The van der Waals surface area contributed by atoms with Gasteiger partial charge in [0.25, 0.3) is 0 Å². The van der Waals surface area contributed by atoms with Crippen LogP contribution in [0.3, 0.4) is 0 Å². The van der Waals surface area contributed by atoms with Gasteiger partial charge in [0, 0.05) is 6.92 Å². The molecule has 24 heavy (non-hydrogen) atoms. The SMILES string of the molecule is COC(=O)[C@@H](CCSC)NC(=O)C[C@@H](NC(C)=O)c1ccccc1. The zero-order chi connectivity index (χ0) is 17.9. The van der Waals surface area contributed by atoms with Crippen molar-refractivity contribution in [2.45, 2.75) is 31.8 Å². The third-order valence-corrected chi connectivity index (χ3v) is 4.04. The lowest BCUT2D eigenvalue weighted by atomic mass is 10.0. The molecule has 132 valence electrons. The predicted octanol–water partition coefficient (Wildman–Crippen LogP) is 1.66. The summed E-state index contributed by atoms with van der Waals surface area (Å²) in [5.41, 5.74) is 0.835. The van der Waals surface area contributed by atoms with Crippen LogP contribution in [0, 0.1) is 0 Å². The van der Waals surface area contributed by atoms with E-state index in [4.69, 9.17) is 4.74 Å². The number of rotatable bonds is 9. The van der Waals surface area contributed by atoms with Crippen molar-refractivity contribution in [2.24, 2.45) is 0 Å². The normalized spacial score (nSPS) is 12.8. The van der Waals surface area contributed by atoms with E-state index in [-0.39, 0.29) is 18.2 Å². The molecule has 2 N–H and O–H groups in total. The standard InChI is InChI=1S/C17H24N2O4S/c1-12(20)18-15(13-7-5-4-6-8-13)11-16(21)19-14(9-10-24-3)17(22)23-2/h4-8,14-15H,9-11H2,1-3H3,(H,18,20)(H,19,21)/t14-,15-/m1/s1. The zero-order valence-corrected chi connectivity index (χ0v) is 15.0. The molecule has 1 rings (SSSR count). The lowest BCUT2D eigenvalue weighted by molar-refractivity contribution is -0.145. The van der Waals surface area contributed by atoms with Gasteiger partial charge in [-0.2, -0.15) is 11.8 Å². The van der Waals surface area contributed by atoms with Gasteiger partial charge < -0.3 is 15.4 Å². The number of hydrogen-bond donors (Lipinski definition) is 2. The van der Waals surface area contributed by atoms with E-state index in [0.717, 1.165) is 11.3 Å². The lowest BCUT2D eigenvalue weighted by Gasteiger charge is -2.20. The minimum Gasteiger partial charge on any atom is -0.467 e. The van der Waals surface area contributed by atoms with Crippen LogP contribution in [-0.4, -0.2) is 42.9 Å². The Morgan fingerprint density at radius 1 is 1.17 bits per heavy atom. The van der Waals surface area contributed by atoms with Crippen LogP contribution >= 0.6 is 11.8 Å². The van der Waals surface area contributed by atoms with E-state index in [9.17, 15) is 14.4 Å². The second kappa shape index (κ2) is 10.7. The highest BCUT2D eigenvalue weighted by Gasteiger charge is 2.23. The number of benzene rings is 1. The number of esters is 1. The van der Waals surface area contributed by atoms with Crippen LogP contribution < -0.4 is 10.6 Å². The summed E-state index contributed by atoms with van der Waals surface area (Å²) in [6, 6.07) is 8.13. The maximum Gasteiger partial charge on any atom is 0.328 e. The van der Waals surface area contributed by atoms with Gasteiger partial charge in [0.1, 0.15) is 6.04 Å². The monoisotopic (exact) mass is 352 g/mol. The topological polar surface area (TPSA) is 84.5 Å². The Labute approximate surface area is 146 Å². The molecular weight excluding hydrogens is 328 g/mol. The number of thioether (sulfide) groups is 1. The van der Waals surface area contributed by atoms with Crippen LogP contribution in [0.4, 0.5) is 0 Å². The van der Waals surface area contributed by atoms with E-state index in [0.29, 0.717) is 6.42 Å². The van der Waals surface area contributed by atoms with E-state index in [1.54, 1.807) is 11.8 Å². The van der Waals surface area contributed by atoms with E-state index in [2.05, 4.69) is 10.6 Å². The minimum absolute atomic E-state index is 0.0519. The van der Waals surface area contributed by atoms with Gasteiger partial charge in [-0.3, -0.25) is 9.59 Å². The Kier molecular flexibility index (Phi) is 8.93. The van der Waals surface area contributed by atoms with Crippen LogP contribution in [0.5, 0.6) is 0 Å². The maximum absolute atomic E-state index is 12.3. The Bertz CT molecular complexity index is 551. The number of ether oxygens (including phenoxy) is 1. The van der Waals surface area contributed by atoms with Crippen LogP contribution in [0.15, 0.2) is 30.3 Å². The first kappa shape index (κ1) is 20.0. The van der Waals surface area contributed by atoms with Crippen molar-refractivity contribution in [3.05, 3.63) is 35.9 Å². The molecule has 0 saturated heterocycles. The van der Waals surface area contributed by atoms with Gasteiger partial charge in [-0.1, -0.05) is 30.3 Å². The Balaban J connectivity index is 2.75. The van der Waals surface area contributed by atoms with Gasteiger partial charge in [0.05, 0.1) is 19.6 Å². The van der Waals surface area contributed by atoms with E-state index >= 15 is 0 Å². The van der Waals surface area contributed by atoms with Gasteiger partial charge in [-0.05, 0) is 24.0 Å². The summed E-state index contributed by atoms with van der Waals surface area (Å²) in [6.07, 6.45) is 2.48. The third kappa shape index (κ3) is 7.04. The molecular formula is C17H24N2O4S. The maximum atomic E-state index is 12.3. The number of amides is 2. The van der Waals surface area contributed by atoms with Gasteiger partial charge in [-0.25, -0.2) is 4.79 Å². The molecule has 0 saturated carbocycles. The summed E-state index contributed by atoms with van der Waals surface area (Å²) in [6.45, 7) is 1.41. The molecule has 6 nitrogen and oxygen atoms in total. The molecule has 2 atom stereocenters. The van der Waals surface area contributed by atoms with Crippen LogP contribution in [0.25, 0.3) is 0 Å². The Hall–Kier alpha value is -2.02. The highest BCUT2D eigenvalue weighted by molar-refractivity contribution is 7.98. The molecule has 0 aliphatic rings. The largest absolute Gasteiger partial charge is 0.467 e. The van der Waals surface area contributed by atoms with Crippen molar-refractivity contribution < 1.29 is 19.1 Å². The fourth-order valence-electron chi connectivity index (χ4n) is 2.25. The Morgan fingerprint density at radius 3 is 2.38 bits per heavy atom. The predicted molar refractivity (Wildman–Crippen MR) is 94.6 cm³/mol. The molecule has 1 aromatic carbocycles. The molecule has 0 unspecified atom stereocenters. The summed E-state index contributed by atoms with van der Waals surface area (Å²) in [4.78, 5) is 35.5. The molecule has 7 heteroatoms. The van der Waals surface area contributed by atoms with Crippen molar-refractivity contribution >= 4 is 29.5 Å². The first-order valence-corrected chi connectivity index (χ1v) is 9.05. The quantitative estimate of drug-likeness (QED) is 0.661. The fraction of sp³-hybridized carbons (Fsp3) is 0.471. The lowest BCUT2D eigenvalue weighted by Crippen LogP contribution is -2.43. The van der Waals surface area contributed by atoms with Gasteiger partial charge >= 0.3 is 5.97 Å². The highest BCUT2D eigenvalue weighted by atomic mass is 32.2. The molecule has 0 bridgehead atoms. The Morgan fingerprint density at radius 2 is 1.83 bits per heavy atom. The smallest absolute Gasteiger partial charge is 0.328 e. The van der Waals surface area contributed by atoms with Gasteiger partial charge in [-0.15, -0.1) is 0 Å². The van der Waals surface area contributed by atoms with Crippen LogP contribution in [-0.2, 0) is 19.1 Å². The van der Waals surface area contributed by atoms with Crippen LogP contribution in [0.2, 0.25) is 0 Å². The summed E-state index contributed by atoms with van der Waals surface area (Å²) in [5.74, 6) is -0.265. The molecule has 0 aliphatic carbocycles. The second-order valence-corrected chi connectivity index (χ2v) is 6.28. The summed E-state index contributed by atoms with van der Waals surface area (Å²) in [7, 11) is 1.30. The van der Waals surface area contributed by atoms with Crippen molar-refractivity contribution in [1.29, 1.82) is 0 Å². The second-order valence-electron chi connectivity index (χ2n) is 5.29. The number of carbonyl (C=O) groups excluding carboxylic acids is 3. The third-order valence-electron chi connectivity index (χ3n) is 3.40. The van der Waals surface area contributed by atoms with E-state index in [1.807, 2.05) is 36.6 Å². The van der Waals surface area contributed by atoms with Crippen molar-refractivity contribution in [1.82, 2.24) is 10.6 Å². The summed E-state index contributed by atoms with van der Waals surface area (Å²) >= 11 is 1.59. The molecule has 1 aromatic rings. The zero-order valence-electron chi connectivity index (χ0n) is 14.2. The molecule has 2 amide bonds. The van der Waals surface area contributed by atoms with Gasteiger partial charge in [0.15, 0.2) is 0 Å². The number of nitrogens with one attached hydrogen (secondary N) is 2. The molecule has 0 radical (unpaired) electrons. The molecule has 0 aliphatic heterocycles. The highest BCUT2D eigenvalue weighted by Crippen LogP contribution is 2.16. The summed E-state index contributed by atoms with van der Waals surface area (Å²) < 4.78 is 4.73. The first-order chi connectivity index (χ1) is 11.5. The van der Waals surface area contributed by atoms with Crippen molar-refractivity contribution in [2.75, 3.05) is 19.1 Å². The van der Waals surface area contributed by atoms with Crippen molar-refractivity contribution in [3.8, 4) is 0 Å². The number of methoxy groups -OCH3 is 1. The minimum atomic E-state index is -0.677. The average molecular weight is 352 g/mol. The molecule has 0 aromatic heterocycles. The summed E-state index contributed by atoms with van der Waals surface area (Å²) in [5, 5.41) is 5.46. The number of hydrogen-bond acceptors (Lipinski definition) is 5. The van der Waals surface area contributed by atoms with E-state index < -0.39 is 18.1 Å². The fourth-order valence-corrected chi connectivity index (χ4v) is 2.72. The average Bonchev–Trinajstić information content (AvgIpc) is 2.57.